The molecule has 0 saturated carbocycles. The van der Waals surface area contributed by atoms with Crippen molar-refractivity contribution in [1.82, 2.24) is 15.1 Å². The van der Waals surface area contributed by atoms with E-state index in [1.165, 1.54) is 0 Å². The molecule has 3 atom stereocenters. The maximum absolute atomic E-state index is 14.0. The third-order valence-corrected chi connectivity index (χ3v) is 7.83. The number of carbonyl (C=O) groups excluding carboxylic acids is 2. The lowest BCUT2D eigenvalue weighted by Crippen LogP contribution is -2.62. The second-order valence-corrected chi connectivity index (χ2v) is 12.3. The Morgan fingerprint density at radius 2 is 1.64 bits per heavy atom. The molecule has 3 aromatic carbocycles. The zero-order valence-electron chi connectivity index (χ0n) is 24.7. The van der Waals surface area contributed by atoms with Crippen LogP contribution < -0.4 is 5.32 Å². The number of ether oxygens (including phenoxy) is 1. The second kappa shape index (κ2) is 13.6. The first-order chi connectivity index (χ1) is 19.9. The molecule has 2 N–H and O–H groups in total. The fraction of sp³-hybridized carbons (Fsp3) is 0.424. The van der Waals surface area contributed by atoms with E-state index in [4.69, 9.17) is 16.3 Å². The van der Waals surface area contributed by atoms with E-state index >= 15 is 0 Å². The minimum Gasteiger partial charge on any atom is -0.480 e. The van der Waals surface area contributed by atoms with E-state index in [1.807, 2.05) is 66.4 Å². The molecule has 2 amide bonds. The van der Waals surface area contributed by atoms with Crippen molar-refractivity contribution in [2.75, 3.05) is 19.6 Å². The highest BCUT2D eigenvalue weighted by Gasteiger charge is 2.38. The summed E-state index contributed by atoms with van der Waals surface area (Å²) in [5, 5.41) is 15.8. The molecule has 0 spiro atoms. The molecule has 1 aliphatic heterocycles. The predicted octanol–water partition coefficient (Wildman–Crippen LogP) is 5.55. The molecule has 0 radical (unpaired) electrons. The third-order valence-electron chi connectivity index (χ3n) is 7.58. The average molecular weight is 594 g/mol. The molecular weight excluding hydrogens is 554 g/mol. The van der Waals surface area contributed by atoms with Crippen molar-refractivity contribution in [2.45, 2.75) is 70.7 Å². The Labute approximate surface area is 252 Å². The van der Waals surface area contributed by atoms with Gasteiger partial charge in [0.05, 0.1) is 0 Å². The van der Waals surface area contributed by atoms with Crippen LogP contribution in [0.4, 0.5) is 4.79 Å². The lowest BCUT2D eigenvalue weighted by atomic mass is 9.98. The molecule has 3 aromatic rings. The normalized spacial score (nSPS) is 17.5. The number of rotatable bonds is 9. The van der Waals surface area contributed by atoms with Crippen molar-refractivity contribution in [3.05, 3.63) is 82.9 Å². The number of aliphatic carboxylic acids is 1. The Morgan fingerprint density at radius 3 is 2.29 bits per heavy atom. The highest BCUT2D eigenvalue weighted by atomic mass is 35.5. The van der Waals surface area contributed by atoms with Gasteiger partial charge in [0.15, 0.2) is 0 Å². The van der Waals surface area contributed by atoms with Crippen LogP contribution in [0.1, 0.15) is 45.2 Å². The minimum absolute atomic E-state index is 0.210. The Bertz CT molecular complexity index is 1400. The van der Waals surface area contributed by atoms with Crippen LogP contribution in [0.5, 0.6) is 0 Å². The van der Waals surface area contributed by atoms with Crippen LogP contribution in [-0.2, 0) is 27.2 Å². The number of benzene rings is 3. The number of halogens is 1. The van der Waals surface area contributed by atoms with Gasteiger partial charge < -0.3 is 20.1 Å². The van der Waals surface area contributed by atoms with Crippen molar-refractivity contribution >= 4 is 40.3 Å². The quantitative estimate of drug-likeness (QED) is 0.338. The minimum atomic E-state index is -0.884. The molecule has 1 aliphatic rings. The molecule has 0 bridgehead atoms. The van der Waals surface area contributed by atoms with Gasteiger partial charge in [-0.1, -0.05) is 73.1 Å². The number of alkyl carbamates (subject to hydrolysis) is 1. The highest BCUT2D eigenvalue weighted by Crippen LogP contribution is 2.23. The van der Waals surface area contributed by atoms with Crippen molar-refractivity contribution in [3.63, 3.8) is 0 Å². The van der Waals surface area contributed by atoms with Gasteiger partial charge in [0.25, 0.3) is 0 Å². The van der Waals surface area contributed by atoms with E-state index in [0.29, 0.717) is 37.5 Å². The van der Waals surface area contributed by atoms with Crippen molar-refractivity contribution in [2.24, 2.45) is 0 Å². The summed E-state index contributed by atoms with van der Waals surface area (Å²) >= 11 is 6.05. The second-order valence-electron chi connectivity index (χ2n) is 11.9. The van der Waals surface area contributed by atoms with Crippen LogP contribution in [0.3, 0.4) is 0 Å². The smallest absolute Gasteiger partial charge is 0.408 e. The fourth-order valence-electron chi connectivity index (χ4n) is 5.47. The van der Waals surface area contributed by atoms with Gasteiger partial charge in [0, 0.05) is 37.1 Å². The molecule has 42 heavy (non-hydrogen) atoms. The lowest BCUT2D eigenvalue weighted by molar-refractivity contribution is -0.146. The topological polar surface area (TPSA) is 99.2 Å². The van der Waals surface area contributed by atoms with E-state index in [2.05, 4.69) is 5.32 Å². The molecule has 0 aliphatic carbocycles. The molecule has 1 saturated heterocycles. The standard InChI is InChI=1S/C33H40ClN3O5/c1-5-27-21-36(29(31(39)40)20-23-10-13-24-8-6-7-9-25(24)18-23)16-17-37(27)30(38)28(35-32(41)42-33(2,3)4)19-22-11-14-26(34)15-12-22/h6-15,18,27-29H,5,16-17,19-21H2,1-4H3,(H,35,41)(H,39,40). The summed E-state index contributed by atoms with van der Waals surface area (Å²) in [5.41, 5.74) is 1.09. The summed E-state index contributed by atoms with van der Waals surface area (Å²) in [5.74, 6) is -1.10. The van der Waals surface area contributed by atoms with Crippen LogP contribution in [0.15, 0.2) is 66.7 Å². The first-order valence-corrected chi connectivity index (χ1v) is 14.8. The van der Waals surface area contributed by atoms with Gasteiger partial charge in [-0.15, -0.1) is 0 Å². The number of fused-ring (bicyclic) bond motifs is 1. The van der Waals surface area contributed by atoms with E-state index in [-0.39, 0.29) is 18.4 Å². The summed E-state index contributed by atoms with van der Waals surface area (Å²) in [6, 6.07) is 19.5. The van der Waals surface area contributed by atoms with E-state index < -0.39 is 29.7 Å². The van der Waals surface area contributed by atoms with Gasteiger partial charge in [0.1, 0.15) is 17.7 Å². The zero-order valence-corrected chi connectivity index (χ0v) is 25.4. The summed E-state index contributed by atoms with van der Waals surface area (Å²) in [6.07, 6.45) is 0.614. The van der Waals surface area contributed by atoms with E-state index in [9.17, 15) is 19.5 Å². The van der Waals surface area contributed by atoms with Gasteiger partial charge in [-0.05, 0) is 67.6 Å². The van der Waals surface area contributed by atoms with Crippen molar-refractivity contribution in [1.29, 1.82) is 0 Å². The Hall–Kier alpha value is -3.62. The summed E-state index contributed by atoms with van der Waals surface area (Å²) in [4.78, 5) is 42.9. The lowest BCUT2D eigenvalue weighted by Gasteiger charge is -2.44. The number of amides is 2. The Morgan fingerprint density at radius 1 is 0.976 bits per heavy atom. The van der Waals surface area contributed by atoms with Gasteiger partial charge in [-0.25, -0.2) is 4.79 Å². The molecule has 3 unspecified atom stereocenters. The van der Waals surface area contributed by atoms with Crippen molar-refractivity contribution < 1.29 is 24.2 Å². The monoisotopic (exact) mass is 593 g/mol. The molecule has 224 valence electrons. The summed E-state index contributed by atoms with van der Waals surface area (Å²) in [7, 11) is 0. The maximum Gasteiger partial charge on any atom is 0.408 e. The number of hydrogen-bond donors (Lipinski definition) is 2. The highest BCUT2D eigenvalue weighted by molar-refractivity contribution is 6.30. The molecular formula is C33H40ClN3O5. The molecule has 4 rings (SSSR count). The number of nitrogens with zero attached hydrogens (tertiary/aromatic N) is 2. The largest absolute Gasteiger partial charge is 0.480 e. The average Bonchev–Trinajstić information content (AvgIpc) is 2.94. The number of carbonyl (C=O) groups is 3. The first kappa shape index (κ1) is 31.3. The number of nitrogens with one attached hydrogen (secondary N) is 1. The molecule has 0 aromatic heterocycles. The fourth-order valence-corrected chi connectivity index (χ4v) is 5.60. The zero-order chi connectivity index (χ0) is 30.4. The third kappa shape index (κ3) is 8.23. The number of carboxylic acid groups (broad SMARTS) is 1. The predicted molar refractivity (Wildman–Crippen MR) is 165 cm³/mol. The van der Waals surface area contributed by atoms with Gasteiger partial charge in [0.2, 0.25) is 5.91 Å². The van der Waals surface area contributed by atoms with Gasteiger partial charge in [-0.2, -0.15) is 0 Å². The van der Waals surface area contributed by atoms with Crippen LogP contribution in [0.2, 0.25) is 5.02 Å². The van der Waals surface area contributed by atoms with Gasteiger partial charge >= 0.3 is 12.1 Å². The summed E-state index contributed by atoms with van der Waals surface area (Å²) < 4.78 is 5.46. The number of hydrogen-bond acceptors (Lipinski definition) is 5. The Balaban J connectivity index is 1.50. The van der Waals surface area contributed by atoms with Gasteiger partial charge in [-0.3, -0.25) is 14.5 Å². The van der Waals surface area contributed by atoms with E-state index in [1.54, 1.807) is 37.8 Å². The molecule has 1 fully saturated rings. The Kier molecular flexibility index (Phi) is 10.1. The van der Waals surface area contributed by atoms with Crippen molar-refractivity contribution in [3.8, 4) is 0 Å². The number of piperazine rings is 1. The van der Waals surface area contributed by atoms with Crippen LogP contribution in [0, 0.1) is 0 Å². The first-order valence-electron chi connectivity index (χ1n) is 14.4. The van der Waals surface area contributed by atoms with Crippen LogP contribution >= 0.6 is 11.6 Å². The summed E-state index contributed by atoms with van der Waals surface area (Å²) in [6.45, 7) is 8.48. The maximum atomic E-state index is 14.0. The molecule has 9 heteroatoms. The van der Waals surface area contributed by atoms with Crippen LogP contribution in [-0.4, -0.2) is 76.2 Å². The van der Waals surface area contributed by atoms with Crippen LogP contribution in [0.25, 0.3) is 10.8 Å². The SMILES string of the molecule is CCC1CN(C(Cc2ccc3ccccc3c2)C(=O)O)CCN1C(=O)C(Cc1ccc(Cl)cc1)NC(=O)OC(C)(C)C. The number of carboxylic acids is 1. The molecule has 1 heterocycles. The van der Waals surface area contributed by atoms with E-state index in [0.717, 1.165) is 21.9 Å². The molecule has 8 nitrogen and oxygen atoms in total.